The van der Waals surface area contributed by atoms with Crippen LogP contribution >= 0.6 is 0 Å². The predicted molar refractivity (Wildman–Crippen MR) is 290 cm³/mol. The zero-order valence-corrected chi connectivity index (χ0v) is 45.6. The van der Waals surface area contributed by atoms with Crippen LogP contribution in [0.25, 0.3) is 0 Å². The van der Waals surface area contributed by atoms with Crippen LogP contribution in [-0.2, 0) is 52.7 Å². The molecule has 0 fully saturated rings. The topological polar surface area (TPSA) is 548 Å². The highest BCUT2D eigenvalue weighted by molar-refractivity contribution is 5.98. The van der Waals surface area contributed by atoms with Crippen molar-refractivity contribution in [1.29, 1.82) is 0 Å². The molecule has 23 N–H and O–H groups in total. The maximum atomic E-state index is 14.4. The average Bonchev–Trinajstić information content (AvgIpc) is 3.38. The highest BCUT2D eigenvalue weighted by atomic mass is 16.4. The molecule has 0 radical (unpaired) electrons. The number of unbranched alkanes of at least 4 members (excludes halogenated alkanes) is 1. The number of guanidine groups is 3. The van der Waals surface area contributed by atoms with Gasteiger partial charge in [-0.05, 0) is 71.4 Å². The first kappa shape index (κ1) is 71.8. The van der Waals surface area contributed by atoms with Crippen LogP contribution in [0, 0.1) is 23.7 Å². The van der Waals surface area contributed by atoms with Gasteiger partial charge in [-0.25, -0.2) is 0 Å². The molecule has 0 unspecified atom stereocenters. The van der Waals surface area contributed by atoms with Crippen molar-refractivity contribution in [3.63, 3.8) is 0 Å². The third-order valence-corrected chi connectivity index (χ3v) is 12.7. The third-order valence-electron chi connectivity index (χ3n) is 12.7. The fourth-order valence-electron chi connectivity index (χ4n) is 8.13. The Morgan fingerprint density at radius 3 is 1.20 bits per heavy atom. The largest absolute Gasteiger partial charge is 0.481 e. The normalized spacial score (nSPS) is 14.4. The molecule has 0 bridgehead atoms. The van der Waals surface area contributed by atoms with Crippen molar-refractivity contribution in [3.8, 4) is 0 Å². The fourth-order valence-corrected chi connectivity index (χ4v) is 8.13. The maximum Gasteiger partial charge on any atom is 0.305 e. The summed E-state index contributed by atoms with van der Waals surface area (Å²) >= 11 is 0. The molecule has 30 nitrogen and oxygen atoms in total. The van der Waals surface area contributed by atoms with E-state index in [1.54, 1.807) is 0 Å². The Hall–Kier alpha value is -7.18. The molecule has 0 heterocycles. The van der Waals surface area contributed by atoms with Crippen LogP contribution in [0.15, 0.2) is 15.0 Å². The van der Waals surface area contributed by atoms with Gasteiger partial charge in [0.25, 0.3) is 0 Å². The summed E-state index contributed by atoms with van der Waals surface area (Å²) in [4.78, 5) is 158. The number of aliphatic hydroxyl groups is 2. The highest BCUT2D eigenvalue weighted by Gasteiger charge is 2.35. The van der Waals surface area contributed by atoms with Gasteiger partial charge < -0.3 is 87.1 Å². The van der Waals surface area contributed by atoms with Gasteiger partial charge in [-0.2, -0.15) is 0 Å². The second-order valence-corrected chi connectivity index (χ2v) is 19.1. The molecule has 30 heteroatoms. The molecule has 0 saturated heterocycles. The zero-order chi connectivity index (χ0) is 60.2. The Morgan fingerprint density at radius 2 is 0.823 bits per heavy atom. The predicted octanol–water partition coefficient (Wildman–Crippen LogP) is -4.57. The number of amides is 4. The van der Waals surface area contributed by atoms with Gasteiger partial charge in [-0.1, -0.05) is 20.3 Å². The minimum Gasteiger partial charge on any atom is -0.481 e. The van der Waals surface area contributed by atoms with Gasteiger partial charge in [0.1, 0.15) is 6.04 Å². The first-order chi connectivity index (χ1) is 37.2. The smallest absolute Gasteiger partial charge is 0.305 e. The van der Waals surface area contributed by atoms with E-state index in [1.165, 1.54) is 20.9 Å². The zero-order valence-electron chi connectivity index (χ0n) is 45.6. The molecule has 4 amide bonds. The lowest BCUT2D eigenvalue weighted by molar-refractivity contribution is -0.141. The molecule has 9 atom stereocenters. The van der Waals surface area contributed by atoms with E-state index in [4.69, 9.17) is 40.1 Å². The molecule has 0 aliphatic rings. The molecule has 0 aliphatic heterocycles. The number of Topliss-reactive ketones (excluding diaryl/α,β-unsaturated/α-hetero) is 5. The van der Waals surface area contributed by atoms with Crippen molar-refractivity contribution in [3.05, 3.63) is 0 Å². The Morgan fingerprint density at radius 1 is 0.443 bits per heavy atom. The van der Waals surface area contributed by atoms with E-state index in [9.17, 15) is 73.2 Å². The summed E-state index contributed by atoms with van der Waals surface area (Å²) in [6.07, 6.45) is -2.82. The molecule has 79 heavy (non-hydrogen) atoms. The van der Waals surface area contributed by atoms with Crippen molar-refractivity contribution in [2.24, 2.45) is 78.8 Å². The van der Waals surface area contributed by atoms with Crippen LogP contribution in [0.4, 0.5) is 0 Å². The van der Waals surface area contributed by atoms with Crippen molar-refractivity contribution >= 4 is 82.4 Å². The van der Waals surface area contributed by atoms with Crippen molar-refractivity contribution in [2.45, 2.75) is 153 Å². The van der Waals surface area contributed by atoms with E-state index < -0.39 is 170 Å². The summed E-state index contributed by atoms with van der Waals surface area (Å²) in [6.45, 7) is 1.58. The summed E-state index contributed by atoms with van der Waals surface area (Å²) < 4.78 is 0. The van der Waals surface area contributed by atoms with E-state index in [0.717, 1.165) is 0 Å². The summed E-state index contributed by atoms with van der Waals surface area (Å²) in [5.74, 6) is -14.7. The van der Waals surface area contributed by atoms with Gasteiger partial charge in [0.2, 0.25) is 23.6 Å². The van der Waals surface area contributed by atoms with Crippen molar-refractivity contribution in [2.75, 3.05) is 46.4 Å². The summed E-state index contributed by atoms with van der Waals surface area (Å²) in [7, 11) is 1.44. The van der Waals surface area contributed by atoms with E-state index in [-0.39, 0.29) is 102 Å². The van der Waals surface area contributed by atoms with Crippen LogP contribution in [-0.4, -0.2) is 179 Å². The van der Waals surface area contributed by atoms with Crippen LogP contribution in [0.3, 0.4) is 0 Å². The van der Waals surface area contributed by atoms with Crippen LogP contribution in [0.5, 0.6) is 0 Å². The summed E-state index contributed by atoms with van der Waals surface area (Å²) in [5.41, 5.74) is 38.6. The highest BCUT2D eigenvalue weighted by Crippen LogP contribution is 2.22. The number of nitrogens with two attached hydrogens (primary N) is 7. The lowest BCUT2D eigenvalue weighted by atomic mass is 9.88. The number of aliphatic imine (C=N–C) groups is 3. The van der Waals surface area contributed by atoms with Gasteiger partial charge in [0.05, 0.1) is 43.8 Å². The quantitative estimate of drug-likeness (QED) is 0.0155. The van der Waals surface area contributed by atoms with Gasteiger partial charge in [-0.3, -0.25) is 67.7 Å². The van der Waals surface area contributed by atoms with Crippen molar-refractivity contribution in [1.82, 2.24) is 26.6 Å². The molecule has 0 aromatic rings. The van der Waals surface area contributed by atoms with Gasteiger partial charge in [0.15, 0.2) is 46.8 Å². The number of rotatable bonds is 46. The fraction of sp³-hybridized carbons (Fsp3) is 0.714. The molecular weight excluding hydrogens is 1040 g/mol. The second kappa shape index (κ2) is 40.1. The first-order valence-corrected chi connectivity index (χ1v) is 26.3. The Balaban J connectivity index is 6.97. The number of aliphatic hydroxyl groups excluding tert-OH is 2. The number of carboxylic acids is 2. The van der Waals surface area contributed by atoms with E-state index >= 15 is 0 Å². The van der Waals surface area contributed by atoms with E-state index in [0.29, 0.717) is 12.8 Å². The molecule has 0 rings (SSSR count). The summed E-state index contributed by atoms with van der Waals surface area (Å²) in [6, 6.07) is -6.81. The molecule has 0 spiro atoms. The number of nitrogens with one attached hydrogen (secondary N) is 5. The Bertz CT molecular complexity index is 2110. The molecule has 0 aromatic heterocycles. The lowest BCUT2D eigenvalue weighted by Gasteiger charge is -2.26. The number of likely N-dealkylation sites (N-methyl/N-ethyl adjacent to an activating group) is 1. The van der Waals surface area contributed by atoms with Crippen LogP contribution in [0.2, 0.25) is 0 Å². The molecule has 448 valence electrons. The minimum absolute atomic E-state index is 0.00250. The van der Waals surface area contributed by atoms with Gasteiger partial charge in [-0.15, -0.1) is 0 Å². The number of carboxylic acid groups (broad SMARTS) is 2. The number of hydrogen-bond donors (Lipinski definition) is 16. The molecular formula is C49H87N15O15. The van der Waals surface area contributed by atoms with Crippen molar-refractivity contribution < 1.29 is 73.2 Å². The third kappa shape index (κ3) is 31.1. The second-order valence-electron chi connectivity index (χ2n) is 19.1. The Kier molecular flexibility index (Phi) is 36.4. The maximum absolute atomic E-state index is 14.4. The van der Waals surface area contributed by atoms with Crippen LogP contribution in [0.1, 0.15) is 123 Å². The number of nitrogens with zero attached hydrogens (tertiary/aromatic N) is 3. The van der Waals surface area contributed by atoms with Gasteiger partial charge >= 0.3 is 11.9 Å². The number of carbonyl (C=O) groups excluding carboxylic acids is 9. The lowest BCUT2D eigenvalue weighted by Crippen LogP contribution is -2.49. The first-order valence-electron chi connectivity index (χ1n) is 26.3. The van der Waals surface area contributed by atoms with Crippen LogP contribution < -0.4 is 66.7 Å². The number of hydrogen-bond acceptors (Lipinski definition) is 18. The average molecular weight is 1130 g/mol. The number of aliphatic carboxylic acids is 2. The monoisotopic (exact) mass is 1130 g/mol. The number of carbonyl (C=O) groups is 11. The summed E-state index contributed by atoms with van der Waals surface area (Å²) in [5, 5.41) is 51.5. The SMILES string of the molecule is CCC(=O)[C@H](CC(=O)O)NC(=O)[C@H](C)CC(=O)[C@H](CO)NC(=O)[C@H](CCCN=C(N)N)CC(=O)[C@H](CCCN=C(N)N)NC(=O)[C@H](CCCCN)CC(=O)[C@H](CCC(=O)O)NC(=O)[C@H](CCCN=C(N)N)CC(=O)[C@@H](CO)NC. The van der Waals surface area contributed by atoms with E-state index in [1.807, 2.05) is 0 Å². The Labute approximate surface area is 459 Å². The molecule has 0 saturated carbocycles. The number of ketones is 5. The van der Waals surface area contributed by atoms with E-state index in [2.05, 4.69) is 41.6 Å². The molecule has 0 aliphatic carbocycles. The molecule has 0 aromatic carbocycles. The van der Waals surface area contributed by atoms with Gasteiger partial charge in [0, 0.05) is 81.8 Å². The standard InChI is InChI=1S/C49H87N15O15/c1-4-36(67)33(24-42(74)75)63-43(76)27(2)20-37(68)35(26-66)64-46(79)29(11-7-17-58-47(51)52)22-38(69)31(13-9-19-60-49(55)56)61-44(77)28(10-5-6-16-50)21-39(70)32(14-15-41(72)73)62-45(78)30(12-8-18-59-48(53)54)23-40(71)34(25-65)57-3/h27-35,57,65-66H,4-26,50H2,1-3H3,(H,61,77)(H,62,78)(H,63,76)(H,64,79)(H,72,73)(H,74,75)(H4,51,52,58)(H4,53,54,59)(H4,55,56,60)/t27-,28-,29-,30-,31+,32+,33+,34-,35+/m1/s1. The minimum atomic E-state index is -1.60.